The first kappa shape index (κ1) is 12.4. The van der Waals surface area contributed by atoms with E-state index in [0.717, 1.165) is 12.1 Å². The van der Waals surface area contributed by atoms with E-state index in [0.29, 0.717) is 24.4 Å². The van der Waals surface area contributed by atoms with Gasteiger partial charge in [-0.15, -0.1) is 0 Å². The number of para-hydroxylation sites is 1. The van der Waals surface area contributed by atoms with Gasteiger partial charge in [-0.1, -0.05) is 19.1 Å². The molecule has 100 valence electrons. The molecular weight excluding hydrogens is 238 g/mol. The van der Waals surface area contributed by atoms with Gasteiger partial charge < -0.3 is 4.90 Å². The molecule has 3 heteroatoms. The Balaban J connectivity index is 1.94. The van der Waals surface area contributed by atoms with E-state index >= 15 is 0 Å². The number of hydrogen-bond acceptors (Lipinski definition) is 2. The SMILES string of the molecule is CC(C(=O)N1CCCC(=O)c2ccccc21)C1CC1. The molecule has 3 rings (SSSR count). The van der Waals surface area contributed by atoms with Crippen molar-refractivity contribution in [1.29, 1.82) is 0 Å². The third kappa shape index (κ3) is 2.29. The summed E-state index contributed by atoms with van der Waals surface area (Å²) in [7, 11) is 0. The fourth-order valence-electron chi connectivity index (χ4n) is 2.87. The van der Waals surface area contributed by atoms with E-state index in [1.54, 1.807) is 0 Å². The lowest BCUT2D eigenvalue weighted by Crippen LogP contribution is -2.36. The highest BCUT2D eigenvalue weighted by molar-refractivity contribution is 6.07. The number of ketones is 1. The van der Waals surface area contributed by atoms with Crippen LogP contribution in [0, 0.1) is 11.8 Å². The van der Waals surface area contributed by atoms with Gasteiger partial charge in [0.25, 0.3) is 0 Å². The van der Waals surface area contributed by atoms with E-state index < -0.39 is 0 Å². The molecule has 1 unspecified atom stereocenters. The van der Waals surface area contributed by atoms with Crippen molar-refractivity contribution in [3.05, 3.63) is 29.8 Å². The molecule has 3 nitrogen and oxygen atoms in total. The van der Waals surface area contributed by atoms with Crippen LogP contribution in [-0.4, -0.2) is 18.2 Å². The number of hydrogen-bond donors (Lipinski definition) is 0. The fourth-order valence-corrected chi connectivity index (χ4v) is 2.87. The Bertz CT molecular complexity index is 519. The first-order valence-corrected chi connectivity index (χ1v) is 7.12. The van der Waals surface area contributed by atoms with Crippen LogP contribution >= 0.6 is 0 Å². The molecule has 0 aromatic heterocycles. The zero-order chi connectivity index (χ0) is 13.4. The van der Waals surface area contributed by atoms with Crippen LogP contribution in [0.1, 0.15) is 43.0 Å². The average molecular weight is 257 g/mol. The summed E-state index contributed by atoms with van der Waals surface area (Å²) in [5.74, 6) is 0.981. The standard InChI is InChI=1S/C16H19NO2/c1-11(12-8-9-12)16(19)17-10-4-7-15(18)13-5-2-3-6-14(13)17/h2-3,5-6,11-12H,4,7-10H2,1H3. The Labute approximate surface area is 113 Å². The van der Waals surface area contributed by atoms with Gasteiger partial charge in [0.05, 0.1) is 5.69 Å². The lowest BCUT2D eigenvalue weighted by molar-refractivity contribution is -0.122. The number of rotatable bonds is 2. The van der Waals surface area contributed by atoms with Crippen molar-refractivity contribution >= 4 is 17.4 Å². The Kier molecular flexibility index (Phi) is 3.13. The second-order valence-electron chi connectivity index (χ2n) is 5.66. The van der Waals surface area contributed by atoms with Crippen molar-refractivity contribution < 1.29 is 9.59 Å². The maximum Gasteiger partial charge on any atom is 0.230 e. The molecular formula is C16H19NO2. The zero-order valence-electron chi connectivity index (χ0n) is 11.3. The van der Waals surface area contributed by atoms with E-state index in [1.807, 2.05) is 36.1 Å². The topological polar surface area (TPSA) is 37.4 Å². The molecule has 0 radical (unpaired) electrons. The van der Waals surface area contributed by atoms with Crippen LogP contribution in [-0.2, 0) is 4.79 Å². The van der Waals surface area contributed by atoms with Crippen molar-refractivity contribution in [3.63, 3.8) is 0 Å². The highest BCUT2D eigenvalue weighted by Gasteiger charge is 2.36. The summed E-state index contributed by atoms with van der Waals surface area (Å²) in [5.41, 5.74) is 1.51. The molecule has 0 saturated heterocycles. The maximum atomic E-state index is 12.6. The predicted molar refractivity (Wildman–Crippen MR) is 74.2 cm³/mol. The van der Waals surface area contributed by atoms with Gasteiger partial charge in [0, 0.05) is 24.4 Å². The summed E-state index contributed by atoms with van der Waals surface area (Å²) < 4.78 is 0. The number of nitrogens with zero attached hydrogens (tertiary/aromatic N) is 1. The quantitative estimate of drug-likeness (QED) is 0.816. The summed E-state index contributed by atoms with van der Waals surface area (Å²) in [5, 5.41) is 0. The van der Waals surface area contributed by atoms with Crippen molar-refractivity contribution in [1.82, 2.24) is 0 Å². The minimum absolute atomic E-state index is 0.0845. The molecule has 1 atom stereocenters. The minimum atomic E-state index is 0.0845. The van der Waals surface area contributed by atoms with Crippen LogP contribution in [0.15, 0.2) is 24.3 Å². The Hall–Kier alpha value is -1.64. The first-order chi connectivity index (χ1) is 9.18. The molecule has 1 amide bonds. The molecule has 1 saturated carbocycles. The van der Waals surface area contributed by atoms with Gasteiger partial charge >= 0.3 is 0 Å². The number of carbonyl (C=O) groups excluding carboxylic acids is 2. The van der Waals surface area contributed by atoms with Crippen LogP contribution in [0.5, 0.6) is 0 Å². The van der Waals surface area contributed by atoms with Crippen LogP contribution in [0.3, 0.4) is 0 Å². The summed E-state index contributed by atoms with van der Waals surface area (Å²) in [6.45, 7) is 2.69. The van der Waals surface area contributed by atoms with Crippen molar-refractivity contribution in [2.45, 2.75) is 32.6 Å². The van der Waals surface area contributed by atoms with E-state index in [2.05, 4.69) is 0 Å². The highest BCUT2D eigenvalue weighted by atomic mass is 16.2. The summed E-state index contributed by atoms with van der Waals surface area (Å²) >= 11 is 0. The largest absolute Gasteiger partial charge is 0.311 e. The molecule has 0 N–H and O–H groups in total. The molecule has 0 bridgehead atoms. The van der Waals surface area contributed by atoms with Crippen molar-refractivity contribution in [2.75, 3.05) is 11.4 Å². The van der Waals surface area contributed by atoms with Gasteiger partial charge in [-0.3, -0.25) is 9.59 Å². The highest BCUT2D eigenvalue weighted by Crippen LogP contribution is 2.38. The first-order valence-electron chi connectivity index (χ1n) is 7.12. The van der Waals surface area contributed by atoms with Gasteiger partial charge in [0.15, 0.2) is 5.78 Å². The Morgan fingerprint density at radius 2 is 2.05 bits per heavy atom. The number of amides is 1. The van der Waals surface area contributed by atoms with Gasteiger partial charge in [-0.25, -0.2) is 0 Å². The molecule has 1 aromatic carbocycles. The molecule has 1 aromatic rings. The maximum absolute atomic E-state index is 12.6. The fraction of sp³-hybridized carbons (Fsp3) is 0.500. The van der Waals surface area contributed by atoms with Crippen LogP contribution in [0.4, 0.5) is 5.69 Å². The number of Topliss-reactive ketones (excluding diaryl/α,β-unsaturated/α-hetero) is 1. The second kappa shape index (κ2) is 4.80. The van der Waals surface area contributed by atoms with Gasteiger partial charge in [0.1, 0.15) is 0 Å². The average Bonchev–Trinajstić information content (AvgIpc) is 3.26. The van der Waals surface area contributed by atoms with E-state index in [-0.39, 0.29) is 17.6 Å². The second-order valence-corrected chi connectivity index (χ2v) is 5.66. The zero-order valence-corrected chi connectivity index (χ0v) is 11.3. The lowest BCUT2D eigenvalue weighted by Gasteiger charge is -2.25. The normalized spacial score (nSPS) is 20.7. The predicted octanol–water partition coefficient (Wildman–Crippen LogP) is 3.04. The smallest absolute Gasteiger partial charge is 0.230 e. The number of benzene rings is 1. The molecule has 1 heterocycles. The lowest BCUT2D eigenvalue weighted by atomic mass is 10.0. The summed E-state index contributed by atoms with van der Waals surface area (Å²) in [6, 6.07) is 7.51. The third-order valence-corrected chi connectivity index (χ3v) is 4.27. The molecule has 1 aliphatic heterocycles. The van der Waals surface area contributed by atoms with E-state index in [9.17, 15) is 9.59 Å². The minimum Gasteiger partial charge on any atom is -0.311 e. The van der Waals surface area contributed by atoms with Gasteiger partial charge in [-0.05, 0) is 37.3 Å². The summed E-state index contributed by atoms with van der Waals surface area (Å²) in [6.07, 6.45) is 3.64. The molecule has 0 spiro atoms. The summed E-state index contributed by atoms with van der Waals surface area (Å²) in [4.78, 5) is 26.5. The van der Waals surface area contributed by atoms with Crippen LogP contribution in [0.25, 0.3) is 0 Å². The Morgan fingerprint density at radius 1 is 1.32 bits per heavy atom. The molecule has 2 aliphatic rings. The van der Waals surface area contributed by atoms with Crippen molar-refractivity contribution in [2.24, 2.45) is 11.8 Å². The third-order valence-electron chi connectivity index (χ3n) is 4.27. The number of fused-ring (bicyclic) bond motifs is 1. The molecule has 19 heavy (non-hydrogen) atoms. The van der Waals surface area contributed by atoms with Gasteiger partial charge in [-0.2, -0.15) is 0 Å². The van der Waals surface area contributed by atoms with Gasteiger partial charge in [0.2, 0.25) is 5.91 Å². The molecule has 1 fully saturated rings. The number of carbonyl (C=O) groups is 2. The van der Waals surface area contributed by atoms with Crippen LogP contribution < -0.4 is 4.90 Å². The number of anilines is 1. The Morgan fingerprint density at radius 3 is 2.79 bits per heavy atom. The molecule has 1 aliphatic carbocycles. The monoisotopic (exact) mass is 257 g/mol. The van der Waals surface area contributed by atoms with Crippen LogP contribution in [0.2, 0.25) is 0 Å². The van der Waals surface area contributed by atoms with E-state index in [1.165, 1.54) is 12.8 Å². The van der Waals surface area contributed by atoms with E-state index in [4.69, 9.17) is 0 Å². The van der Waals surface area contributed by atoms with Crippen molar-refractivity contribution in [3.8, 4) is 0 Å².